The van der Waals surface area contributed by atoms with Crippen LogP contribution < -0.4 is 14.9 Å². The number of methoxy groups -OCH3 is 1. The number of nitrogens with zero attached hydrogens (tertiary/aromatic N) is 1. The third-order valence-electron chi connectivity index (χ3n) is 3.23. The smallest absolute Gasteiger partial charge is 0.427 e. The van der Waals surface area contributed by atoms with Gasteiger partial charge in [0.25, 0.3) is 0 Å². The Morgan fingerprint density at radius 3 is 2.81 bits per heavy atom. The molecule has 8 heteroatoms. The maximum absolute atomic E-state index is 13.7. The molecule has 0 spiro atoms. The van der Waals surface area contributed by atoms with Gasteiger partial charge >= 0.3 is 6.09 Å². The Labute approximate surface area is 155 Å². The normalized spacial score (nSPS) is 10.6. The number of hydrogen-bond acceptors (Lipinski definition) is 5. The number of hydrogen-bond donors (Lipinski definition) is 1. The first-order chi connectivity index (χ1) is 12.5. The number of hydrazone groups is 1. The second-order valence-electron chi connectivity index (χ2n) is 5.00. The monoisotopic (exact) mass is 380 g/mol. The van der Waals surface area contributed by atoms with E-state index in [1.807, 2.05) is 0 Å². The molecule has 0 unspecified atom stereocenters. The fourth-order valence-electron chi connectivity index (χ4n) is 2.04. The maximum Gasteiger partial charge on any atom is 0.427 e. The standard InChI is InChI=1S/C18H18ClFN2O4/c1-3-25-18(23)22-21-10-12-8-14(19)17(16(9-12)24-2)26-11-13-6-4-5-7-15(13)20/h4-10H,3,11H2,1-2H3,(H,22,23)/b21-10+. The fourth-order valence-corrected chi connectivity index (χ4v) is 2.32. The lowest BCUT2D eigenvalue weighted by molar-refractivity contribution is 0.152. The number of benzene rings is 2. The van der Waals surface area contributed by atoms with E-state index >= 15 is 0 Å². The van der Waals surface area contributed by atoms with Crippen LogP contribution in [0, 0.1) is 5.82 Å². The zero-order chi connectivity index (χ0) is 18.9. The summed E-state index contributed by atoms with van der Waals surface area (Å²) in [6.07, 6.45) is 0.720. The van der Waals surface area contributed by atoms with Crippen molar-refractivity contribution in [2.45, 2.75) is 13.5 Å². The van der Waals surface area contributed by atoms with E-state index in [9.17, 15) is 9.18 Å². The molecule has 2 aromatic carbocycles. The van der Waals surface area contributed by atoms with E-state index in [1.165, 1.54) is 19.4 Å². The van der Waals surface area contributed by atoms with Crippen molar-refractivity contribution < 1.29 is 23.4 Å². The molecular weight excluding hydrogens is 363 g/mol. The van der Waals surface area contributed by atoms with Gasteiger partial charge in [0.05, 0.1) is 25.0 Å². The number of ether oxygens (including phenoxy) is 3. The quantitative estimate of drug-likeness (QED) is 0.578. The van der Waals surface area contributed by atoms with Crippen LogP contribution in [0.1, 0.15) is 18.1 Å². The first kappa shape index (κ1) is 19.5. The minimum atomic E-state index is -0.661. The van der Waals surface area contributed by atoms with Gasteiger partial charge in [-0.25, -0.2) is 14.6 Å². The predicted molar refractivity (Wildman–Crippen MR) is 96.5 cm³/mol. The number of halogens is 2. The zero-order valence-electron chi connectivity index (χ0n) is 14.3. The Balaban J connectivity index is 2.12. The third kappa shape index (κ3) is 5.35. The average Bonchev–Trinajstić information content (AvgIpc) is 2.62. The number of carbonyl (C=O) groups is 1. The van der Waals surface area contributed by atoms with Gasteiger partial charge in [-0.3, -0.25) is 0 Å². The summed E-state index contributed by atoms with van der Waals surface area (Å²) in [6.45, 7) is 1.93. The highest BCUT2D eigenvalue weighted by Crippen LogP contribution is 2.36. The number of rotatable bonds is 7. The molecule has 26 heavy (non-hydrogen) atoms. The fraction of sp³-hybridized carbons (Fsp3) is 0.222. The molecule has 0 heterocycles. The maximum atomic E-state index is 13.7. The Hall–Kier alpha value is -2.80. The van der Waals surface area contributed by atoms with Gasteiger partial charge in [-0.05, 0) is 30.7 Å². The summed E-state index contributed by atoms with van der Waals surface area (Å²) < 4.78 is 29.3. The summed E-state index contributed by atoms with van der Waals surface area (Å²) in [6, 6.07) is 9.50. The molecule has 0 aliphatic carbocycles. The number of carbonyl (C=O) groups excluding carboxylic acids is 1. The second-order valence-corrected chi connectivity index (χ2v) is 5.41. The van der Waals surface area contributed by atoms with Crippen LogP contribution in [-0.2, 0) is 11.3 Å². The van der Waals surface area contributed by atoms with Crippen LogP contribution in [0.5, 0.6) is 11.5 Å². The van der Waals surface area contributed by atoms with Crippen molar-refractivity contribution in [3.8, 4) is 11.5 Å². The van der Waals surface area contributed by atoms with E-state index < -0.39 is 6.09 Å². The molecule has 138 valence electrons. The largest absolute Gasteiger partial charge is 0.493 e. The summed E-state index contributed by atoms with van der Waals surface area (Å²) in [5.74, 6) is 0.274. The van der Waals surface area contributed by atoms with Crippen molar-refractivity contribution in [1.82, 2.24) is 5.43 Å². The van der Waals surface area contributed by atoms with Gasteiger partial charge in [0.2, 0.25) is 0 Å². The van der Waals surface area contributed by atoms with Gasteiger partial charge in [-0.1, -0.05) is 29.8 Å². The topological polar surface area (TPSA) is 69.2 Å². The van der Waals surface area contributed by atoms with Crippen molar-refractivity contribution in [3.63, 3.8) is 0 Å². The number of nitrogens with one attached hydrogen (secondary N) is 1. The zero-order valence-corrected chi connectivity index (χ0v) is 15.0. The van der Waals surface area contributed by atoms with Crippen molar-refractivity contribution >= 4 is 23.9 Å². The van der Waals surface area contributed by atoms with Crippen LogP contribution in [0.2, 0.25) is 5.02 Å². The van der Waals surface area contributed by atoms with Gasteiger partial charge in [0.1, 0.15) is 12.4 Å². The molecule has 0 aromatic heterocycles. The average molecular weight is 381 g/mol. The van der Waals surface area contributed by atoms with Gasteiger partial charge < -0.3 is 14.2 Å². The first-order valence-electron chi connectivity index (χ1n) is 7.74. The van der Waals surface area contributed by atoms with Crippen LogP contribution >= 0.6 is 11.6 Å². The molecule has 0 aliphatic rings. The van der Waals surface area contributed by atoms with Crippen LogP contribution in [-0.4, -0.2) is 26.0 Å². The van der Waals surface area contributed by atoms with Crippen LogP contribution in [0.3, 0.4) is 0 Å². The van der Waals surface area contributed by atoms with Crippen LogP contribution in [0.15, 0.2) is 41.5 Å². The van der Waals surface area contributed by atoms with E-state index in [2.05, 4.69) is 15.3 Å². The van der Waals surface area contributed by atoms with E-state index in [1.54, 1.807) is 37.3 Å². The third-order valence-corrected chi connectivity index (χ3v) is 3.51. The molecule has 0 bridgehead atoms. The van der Waals surface area contributed by atoms with Crippen LogP contribution in [0.4, 0.5) is 9.18 Å². The van der Waals surface area contributed by atoms with Crippen LogP contribution in [0.25, 0.3) is 0 Å². The molecule has 2 aromatic rings. The lowest BCUT2D eigenvalue weighted by atomic mass is 10.2. The van der Waals surface area contributed by atoms with Gasteiger partial charge in [0, 0.05) is 5.56 Å². The van der Waals surface area contributed by atoms with Crippen molar-refractivity contribution in [2.75, 3.05) is 13.7 Å². The lowest BCUT2D eigenvalue weighted by Crippen LogP contribution is -2.18. The summed E-state index contributed by atoms with van der Waals surface area (Å²) in [7, 11) is 1.46. The molecule has 6 nitrogen and oxygen atoms in total. The minimum absolute atomic E-state index is 0.000598. The van der Waals surface area contributed by atoms with Crippen molar-refractivity contribution in [3.05, 3.63) is 58.4 Å². The molecule has 0 saturated carbocycles. The Bertz CT molecular complexity index is 799. The first-order valence-corrected chi connectivity index (χ1v) is 8.12. The molecular formula is C18H18ClFN2O4. The van der Waals surface area contributed by atoms with E-state index in [4.69, 9.17) is 21.1 Å². The SMILES string of the molecule is CCOC(=O)N/N=C/c1cc(Cl)c(OCc2ccccc2F)c(OC)c1. The minimum Gasteiger partial charge on any atom is -0.493 e. The van der Waals surface area contributed by atoms with E-state index in [0.717, 1.165) is 0 Å². The van der Waals surface area contributed by atoms with E-state index in [0.29, 0.717) is 16.9 Å². The van der Waals surface area contributed by atoms with E-state index in [-0.39, 0.29) is 29.8 Å². The lowest BCUT2D eigenvalue weighted by Gasteiger charge is -2.13. The molecule has 0 atom stereocenters. The predicted octanol–water partition coefficient (Wildman–Crippen LogP) is 4.15. The Morgan fingerprint density at radius 1 is 1.35 bits per heavy atom. The summed E-state index contributed by atoms with van der Waals surface area (Å²) in [4.78, 5) is 11.2. The highest BCUT2D eigenvalue weighted by molar-refractivity contribution is 6.32. The highest BCUT2D eigenvalue weighted by atomic mass is 35.5. The summed E-state index contributed by atoms with van der Waals surface area (Å²) in [5, 5.41) is 4.02. The van der Waals surface area contributed by atoms with Crippen molar-refractivity contribution in [1.29, 1.82) is 0 Å². The molecule has 1 N–H and O–H groups in total. The van der Waals surface area contributed by atoms with Crippen molar-refractivity contribution in [2.24, 2.45) is 5.10 Å². The summed E-state index contributed by atoms with van der Waals surface area (Å²) >= 11 is 6.24. The Morgan fingerprint density at radius 2 is 2.12 bits per heavy atom. The molecule has 2 rings (SSSR count). The molecule has 1 amide bonds. The summed E-state index contributed by atoms with van der Waals surface area (Å²) in [5.41, 5.74) is 3.18. The van der Waals surface area contributed by atoms with Gasteiger partial charge in [-0.2, -0.15) is 5.10 Å². The second kappa shape index (κ2) is 9.62. The molecule has 0 fully saturated rings. The molecule has 0 radical (unpaired) electrons. The Kier molecular flexibility index (Phi) is 7.23. The highest BCUT2D eigenvalue weighted by Gasteiger charge is 2.13. The molecule has 0 aliphatic heterocycles. The van der Waals surface area contributed by atoms with Gasteiger partial charge in [-0.15, -0.1) is 0 Å². The molecule has 0 saturated heterocycles. The van der Waals surface area contributed by atoms with Gasteiger partial charge in [0.15, 0.2) is 11.5 Å². The number of amides is 1.